The third kappa shape index (κ3) is 3.66. The highest BCUT2D eigenvalue weighted by Gasteiger charge is 2.37. The van der Waals surface area contributed by atoms with Gasteiger partial charge in [0.1, 0.15) is 11.1 Å². The summed E-state index contributed by atoms with van der Waals surface area (Å²) in [4.78, 5) is 6.40. The normalized spacial score (nSPS) is 22.9. The molecule has 4 heteroatoms. The molecule has 0 bridgehead atoms. The van der Waals surface area contributed by atoms with Crippen LogP contribution in [-0.4, -0.2) is 18.6 Å². The molecule has 120 valence electrons. The molecular formula is C17H30N2OS. The van der Waals surface area contributed by atoms with Crippen molar-refractivity contribution in [3.63, 3.8) is 0 Å². The number of ether oxygens (including phenoxy) is 1. The van der Waals surface area contributed by atoms with Crippen molar-refractivity contribution in [1.29, 1.82) is 0 Å². The average molecular weight is 311 g/mol. The summed E-state index contributed by atoms with van der Waals surface area (Å²) in [5.74, 6) is 0. The predicted molar refractivity (Wildman–Crippen MR) is 89.8 cm³/mol. The molecule has 1 heterocycles. The minimum Gasteiger partial charge on any atom is -0.371 e. The van der Waals surface area contributed by atoms with Gasteiger partial charge < -0.3 is 10.1 Å². The van der Waals surface area contributed by atoms with Crippen molar-refractivity contribution in [3.05, 3.63) is 15.6 Å². The molecule has 0 aromatic carbocycles. The van der Waals surface area contributed by atoms with Crippen LogP contribution in [0.25, 0.3) is 0 Å². The number of fused-ring (bicyclic) bond motifs is 1. The van der Waals surface area contributed by atoms with Crippen LogP contribution in [-0.2, 0) is 11.2 Å². The van der Waals surface area contributed by atoms with E-state index >= 15 is 0 Å². The first-order valence-corrected chi connectivity index (χ1v) is 8.78. The van der Waals surface area contributed by atoms with E-state index in [9.17, 15) is 0 Å². The van der Waals surface area contributed by atoms with Crippen LogP contribution in [0, 0.1) is 10.8 Å². The monoisotopic (exact) mass is 310 g/mol. The number of hydrogen-bond donors (Lipinski definition) is 1. The first kappa shape index (κ1) is 16.9. The van der Waals surface area contributed by atoms with Crippen LogP contribution in [0.1, 0.15) is 75.7 Å². The molecule has 1 aromatic heterocycles. The smallest absolute Gasteiger partial charge is 0.123 e. The van der Waals surface area contributed by atoms with Crippen molar-refractivity contribution in [2.24, 2.45) is 10.8 Å². The van der Waals surface area contributed by atoms with Gasteiger partial charge in [0, 0.05) is 17.5 Å². The minimum atomic E-state index is 0.0706. The second kappa shape index (κ2) is 5.98. The van der Waals surface area contributed by atoms with Crippen LogP contribution in [0.2, 0.25) is 0 Å². The van der Waals surface area contributed by atoms with Gasteiger partial charge in [0.05, 0.1) is 5.69 Å². The lowest BCUT2D eigenvalue weighted by Gasteiger charge is -2.34. The zero-order chi connectivity index (χ0) is 15.8. The van der Waals surface area contributed by atoms with Gasteiger partial charge in [-0.2, -0.15) is 0 Å². The largest absolute Gasteiger partial charge is 0.371 e. The first-order valence-electron chi connectivity index (χ1n) is 7.96. The van der Waals surface area contributed by atoms with Crippen molar-refractivity contribution in [1.82, 2.24) is 10.3 Å². The third-order valence-electron chi connectivity index (χ3n) is 4.16. The van der Waals surface area contributed by atoms with Crippen LogP contribution < -0.4 is 5.32 Å². The lowest BCUT2D eigenvalue weighted by Crippen LogP contribution is -2.30. The predicted octanol–water partition coefficient (Wildman–Crippen LogP) is 4.50. The Balaban J connectivity index is 2.39. The summed E-state index contributed by atoms with van der Waals surface area (Å²) < 4.78 is 6.02. The highest BCUT2D eigenvalue weighted by atomic mass is 32.1. The number of thiazole rings is 1. The van der Waals surface area contributed by atoms with Crippen molar-refractivity contribution in [2.45, 2.75) is 66.5 Å². The lowest BCUT2D eigenvalue weighted by molar-refractivity contribution is -0.0134. The summed E-state index contributed by atoms with van der Waals surface area (Å²) in [6.07, 6.45) is 2.33. The van der Waals surface area contributed by atoms with E-state index in [4.69, 9.17) is 9.72 Å². The second-order valence-corrected chi connectivity index (χ2v) is 9.01. The molecule has 0 fully saturated rings. The summed E-state index contributed by atoms with van der Waals surface area (Å²) in [6.45, 7) is 14.2. The molecule has 2 atom stereocenters. The van der Waals surface area contributed by atoms with Crippen LogP contribution in [0.4, 0.5) is 0 Å². The minimum absolute atomic E-state index is 0.0706. The molecule has 2 rings (SSSR count). The number of hydrogen-bond acceptors (Lipinski definition) is 4. The van der Waals surface area contributed by atoms with E-state index in [1.54, 1.807) is 0 Å². The Kier molecular flexibility index (Phi) is 4.81. The van der Waals surface area contributed by atoms with Gasteiger partial charge in [-0.05, 0) is 37.6 Å². The Hall–Kier alpha value is -0.450. The van der Waals surface area contributed by atoms with Crippen molar-refractivity contribution in [3.8, 4) is 0 Å². The molecule has 0 spiro atoms. The van der Waals surface area contributed by atoms with Crippen LogP contribution in [0.3, 0.4) is 0 Å². The van der Waals surface area contributed by atoms with E-state index in [-0.39, 0.29) is 11.5 Å². The van der Waals surface area contributed by atoms with E-state index in [0.29, 0.717) is 11.5 Å². The Bertz CT molecular complexity index is 487. The Labute approximate surface area is 133 Å². The van der Waals surface area contributed by atoms with Gasteiger partial charge in [-0.25, -0.2) is 4.98 Å². The van der Waals surface area contributed by atoms with Gasteiger partial charge >= 0.3 is 0 Å². The van der Waals surface area contributed by atoms with Gasteiger partial charge in [-0.15, -0.1) is 11.3 Å². The van der Waals surface area contributed by atoms with E-state index < -0.39 is 0 Å². The molecule has 1 aliphatic carbocycles. The third-order valence-corrected chi connectivity index (χ3v) is 5.41. The SMILES string of the molecule is CCOC(c1nc2c(s1)C(NC)CC(C)(C)C2)C(C)(C)C. The van der Waals surface area contributed by atoms with E-state index in [1.165, 1.54) is 17.0 Å². The van der Waals surface area contributed by atoms with Crippen LogP contribution in [0.5, 0.6) is 0 Å². The molecule has 2 unspecified atom stereocenters. The van der Waals surface area contributed by atoms with Gasteiger partial charge in [-0.3, -0.25) is 0 Å². The van der Waals surface area contributed by atoms with E-state index in [2.05, 4.69) is 53.9 Å². The summed E-state index contributed by atoms with van der Waals surface area (Å²) in [6, 6.07) is 0.428. The topological polar surface area (TPSA) is 34.1 Å². The zero-order valence-electron chi connectivity index (χ0n) is 14.5. The molecule has 1 aliphatic rings. The van der Waals surface area contributed by atoms with Crippen LogP contribution >= 0.6 is 11.3 Å². The summed E-state index contributed by atoms with van der Waals surface area (Å²) in [7, 11) is 2.05. The van der Waals surface area contributed by atoms with Gasteiger partial charge in [0.25, 0.3) is 0 Å². The number of aromatic nitrogens is 1. The fourth-order valence-electron chi connectivity index (χ4n) is 3.16. The maximum Gasteiger partial charge on any atom is 0.123 e. The van der Waals surface area contributed by atoms with E-state index in [1.807, 2.05) is 11.3 Å². The molecule has 0 saturated carbocycles. The molecule has 1 N–H and O–H groups in total. The van der Waals surface area contributed by atoms with Crippen molar-refractivity contribution < 1.29 is 4.74 Å². The molecule has 0 saturated heterocycles. The lowest BCUT2D eigenvalue weighted by atomic mass is 9.76. The molecule has 1 aromatic rings. The van der Waals surface area contributed by atoms with E-state index in [0.717, 1.165) is 18.0 Å². The highest BCUT2D eigenvalue weighted by Crippen LogP contribution is 2.46. The van der Waals surface area contributed by atoms with Crippen molar-refractivity contribution in [2.75, 3.05) is 13.7 Å². The summed E-state index contributed by atoms with van der Waals surface area (Å²) in [5, 5.41) is 4.61. The number of rotatable bonds is 4. The standard InChI is InChI=1S/C17H30N2OS/c1-8-20-14(16(2,3)4)15-19-12-10-17(5,6)9-11(18-7)13(12)21-15/h11,14,18H,8-10H2,1-7H3. The summed E-state index contributed by atoms with van der Waals surface area (Å²) in [5.41, 5.74) is 1.66. The van der Waals surface area contributed by atoms with Crippen LogP contribution in [0.15, 0.2) is 0 Å². The quantitative estimate of drug-likeness (QED) is 0.889. The van der Waals surface area contributed by atoms with Crippen molar-refractivity contribution >= 4 is 11.3 Å². The maximum atomic E-state index is 6.02. The number of nitrogens with one attached hydrogen (secondary N) is 1. The fourth-order valence-corrected chi connectivity index (χ4v) is 4.64. The number of nitrogens with zero attached hydrogens (tertiary/aromatic N) is 1. The Morgan fingerprint density at radius 2 is 2.10 bits per heavy atom. The molecule has 0 aliphatic heterocycles. The Morgan fingerprint density at radius 3 is 2.62 bits per heavy atom. The average Bonchev–Trinajstić information content (AvgIpc) is 2.74. The Morgan fingerprint density at radius 1 is 1.43 bits per heavy atom. The fraction of sp³-hybridized carbons (Fsp3) is 0.824. The molecule has 3 nitrogen and oxygen atoms in total. The maximum absolute atomic E-state index is 6.02. The molecule has 0 radical (unpaired) electrons. The molecular weight excluding hydrogens is 280 g/mol. The molecule has 0 amide bonds. The van der Waals surface area contributed by atoms with Gasteiger partial charge in [-0.1, -0.05) is 34.6 Å². The highest BCUT2D eigenvalue weighted by molar-refractivity contribution is 7.12. The summed E-state index contributed by atoms with van der Waals surface area (Å²) >= 11 is 1.85. The first-order chi connectivity index (χ1) is 9.68. The molecule has 21 heavy (non-hydrogen) atoms. The van der Waals surface area contributed by atoms with Gasteiger partial charge in [0.2, 0.25) is 0 Å². The van der Waals surface area contributed by atoms with Gasteiger partial charge in [0.15, 0.2) is 0 Å². The zero-order valence-corrected chi connectivity index (χ0v) is 15.4. The second-order valence-electron chi connectivity index (χ2n) is 7.95.